The Morgan fingerprint density at radius 1 is 1.50 bits per heavy atom. The average Bonchev–Trinajstić information content (AvgIpc) is 2.59. The van der Waals surface area contributed by atoms with Gasteiger partial charge in [-0.3, -0.25) is 4.79 Å². The van der Waals surface area contributed by atoms with Crippen LogP contribution < -0.4 is 10.6 Å². The Labute approximate surface area is 100.0 Å². The molecule has 4 heteroatoms. The van der Waals surface area contributed by atoms with E-state index in [-0.39, 0.29) is 11.9 Å². The Morgan fingerprint density at radius 3 is 2.88 bits per heavy atom. The lowest BCUT2D eigenvalue weighted by Gasteiger charge is -2.19. The SMILES string of the molecule is CCSc1ccccc1N1CC(N)CC1=O. The number of hydrogen-bond acceptors (Lipinski definition) is 3. The summed E-state index contributed by atoms with van der Waals surface area (Å²) in [6, 6.07) is 8.00. The van der Waals surface area contributed by atoms with Crippen LogP contribution >= 0.6 is 11.8 Å². The summed E-state index contributed by atoms with van der Waals surface area (Å²) in [4.78, 5) is 14.7. The third-order valence-corrected chi connectivity index (χ3v) is 3.56. The van der Waals surface area contributed by atoms with Crippen LogP contribution in [0.15, 0.2) is 29.2 Å². The Morgan fingerprint density at radius 2 is 2.25 bits per heavy atom. The van der Waals surface area contributed by atoms with Gasteiger partial charge in [-0.25, -0.2) is 0 Å². The van der Waals surface area contributed by atoms with E-state index >= 15 is 0 Å². The van der Waals surface area contributed by atoms with Crippen molar-refractivity contribution < 1.29 is 4.79 Å². The molecule has 1 aromatic rings. The van der Waals surface area contributed by atoms with Gasteiger partial charge >= 0.3 is 0 Å². The predicted octanol–water partition coefficient (Wildman–Crippen LogP) is 1.86. The van der Waals surface area contributed by atoms with Gasteiger partial charge in [0.05, 0.1) is 5.69 Å². The fraction of sp³-hybridized carbons (Fsp3) is 0.417. The van der Waals surface area contributed by atoms with Crippen molar-refractivity contribution in [2.75, 3.05) is 17.2 Å². The number of nitrogens with zero attached hydrogens (tertiary/aromatic N) is 1. The van der Waals surface area contributed by atoms with Crippen molar-refractivity contribution in [3.63, 3.8) is 0 Å². The molecule has 1 saturated heterocycles. The lowest BCUT2D eigenvalue weighted by Crippen LogP contribution is -2.28. The van der Waals surface area contributed by atoms with E-state index < -0.39 is 0 Å². The van der Waals surface area contributed by atoms with Gasteiger partial charge in [0.25, 0.3) is 0 Å². The van der Waals surface area contributed by atoms with Gasteiger partial charge in [0, 0.05) is 23.9 Å². The molecule has 1 amide bonds. The van der Waals surface area contributed by atoms with Crippen LogP contribution in [0.4, 0.5) is 5.69 Å². The quantitative estimate of drug-likeness (QED) is 0.815. The molecule has 2 rings (SSSR count). The van der Waals surface area contributed by atoms with Crippen molar-refractivity contribution in [1.29, 1.82) is 0 Å². The second-order valence-electron chi connectivity index (χ2n) is 3.87. The molecule has 0 aromatic heterocycles. The normalized spacial score (nSPS) is 20.5. The number of thioether (sulfide) groups is 1. The van der Waals surface area contributed by atoms with Crippen LogP contribution in [-0.2, 0) is 4.79 Å². The molecule has 0 aliphatic carbocycles. The first-order valence-electron chi connectivity index (χ1n) is 5.50. The van der Waals surface area contributed by atoms with Crippen LogP contribution in [0.25, 0.3) is 0 Å². The van der Waals surface area contributed by atoms with Gasteiger partial charge in [-0.2, -0.15) is 0 Å². The maximum atomic E-state index is 11.8. The van der Waals surface area contributed by atoms with Crippen molar-refractivity contribution in [3.05, 3.63) is 24.3 Å². The number of nitrogens with two attached hydrogens (primary N) is 1. The zero-order valence-electron chi connectivity index (χ0n) is 9.35. The predicted molar refractivity (Wildman–Crippen MR) is 67.8 cm³/mol. The monoisotopic (exact) mass is 236 g/mol. The molecule has 1 fully saturated rings. The van der Waals surface area contributed by atoms with Crippen LogP contribution in [0.5, 0.6) is 0 Å². The number of benzene rings is 1. The molecule has 2 N–H and O–H groups in total. The molecule has 1 aromatic carbocycles. The highest BCUT2D eigenvalue weighted by Crippen LogP contribution is 2.32. The Hall–Kier alpha value is -1.00. The third-order valence-electron chi connectivity index (χ3n) is 2.61. The van der Waals surface area contributed by atoms with Gasteiger partial charge in [-0.15, -0.1) is 11.8 Å². The van der Waals surface area contributed by atoms with Crippen LogP contribution in [0.3, 0.4) is 0 Å². The number of para-hydroxylation sites is 1. The molecule has 0 saturated carbocycles. The minimum atomic E-state index is -0.0211. The Kier molecular flexibility index (Phi) is 3.51. The zero-order chi connectivity index (χ0) is 11.5. The van der Waals surface area contributed by atoms with E-state index in [2.05, 4.69) is 13.0 Å². The van der Waals surface area contributed by atoms with E-state index in [9.17, 15) is 4.79 Å². The molecule has 0 bridgehead atoms. The van der Waals surface area contributed by atoms with Crippen LogP contribution in [-0.4, -0.2) is 24.2 Å². The maximum absolute atomic E-state index is 11.8. The van der Waals surface area contributed by atoms with Gasteiger partial charge < -0.3 is 10.6 Å². The van der Waals surface area contributed by atoms with E-state index in [1.54, 1.807) is 11.8 Å². The molecule has 0 radical (unpaired) electrons. The second kappa shape index (κ2) is 4.89. The minimum absolute atomic E-state index is 0.0211. The first-order chi connectivity index (χ1) is 7.72. The highest BCUT2D eigenvalue weighted by atomic mass is 32.2. The summed E-state index contributed by atoms with van der Waals surface area (Å²) in [5.41, 5.74) is 6.81. The first kappa shape index (κ1) is 11.5. The molecule has 1 atom stereocenters. The van der Waals surface area contributed by atoms with Crippen LogP contribution in [0, 0.1) is 0 Å². The summed E-state index contributed by atoms with van der Waals surface area (Å²) in [5, 5.41) is 0. The highest BCUT2D eigenvalue weighted by Gasteiger charge is 2.29. The molecular formula is C12H16N2OS. The number of amides is 1. The van der Waals surface area contributed by atoms with E-state index in [1.807, 2.05) is 23.1 Å². The largest absolute Gasteiger partial charge is 0.326 e. The summed E-state index contributed by atoms with van der Waals surface area (Å²) >= 11 is 1.76. The molecule has 86 valence electrons. The maximum Gasteiger partial charge on any atom is 0.228 e. The summed E-state index contributed by atoms with van der Waals surface area (Å²) in [6.07, 6.45) is 0.463. The number of hydrogen-bond donors (Lipinski definition) is 1. The topological polar surface area (TPSA) is 46.3 Å². The Balaban J connectivity index is 2.29. The van der Waals surface area contributed by atoms with Gasteiger partial charge in [0.15, 0.2) is 0 Å². The smallest absolute Gasteiger partial charge is 0.228 e. The van der Waals surface area contributed by atoms with Crippen LogP contribution in [0.1, 0.15) is 13.3 Å². The number of anilines is 1. The molecule has 1 aliphatic heterocycles. The molecule has 16 heavy (non-hydrogen) atoms. The number of carbonyl (C=O) groups is 1. The lowest BCUT2D eigenvalue weighted by atomic mass is 10.3. The number of rotatable bonds is 3. The minimum Gasteiger partial charge on any atom is -0.326 e. The number of carbonyl (C=O) groups excluding carboxylic acids is 1. The first-order valence-corrected chi connectivity index (χ1v) is 6.48. The van der Waals surface area contributed by atoms with Crippen molar-refractivity contribution in [1.82, 2.24) is 0 Å². The van der Waals surface area contributed by atoms with Gasteiger partial charge in [0.1, 0.15) is 0 Å². The second-order valence-corrected chi connectivity index (χ2v) is 5.18. The van der Waals surface area contributed by atoms with Crippen molar-refractivity contribution in [2.45, 2.75) is 24.3 Å². The highest BCUT2D eigenvalue weighted by molar-refractivity contribution is 7.99. The lowest BCUT2D eigenvalue weighted by molar-refractivity contribution is -0.117. The molecule has 1 aliphatic rings. The van der Waals surface area contributed by atoms with Gasteiger partial charge in [-0.1, -0.05) is 19.1 Å². The molecule has 3 nitrogen and oxygen atoms in total. The summed E-state index contributed by atoms with van der Waals surface area (Å²) in [7, 11) is 0. The molecular weight excluding hydrogens is 220 g/mol. The molecule has 0 spiro atoms. The van der Waals surface area contributed by atoms with Gasteiger partial charge in [0.2, 0.25) is 5.91 Å². The van der Waals surface area contributed by atoms with Gasteiger partial charge in [-0.05, 0) is 17.9 Å². The molecule has 1 unspecified atom stereocenters. The Bertz CT molecular complexity index is 394. The van der Waals surface area contributed by atoms with Crippen molar-refractivity contribution in [2.24, 2.45) is 5.73 Å². The van der Waals surface area contributed by atoms with E-state index in [1.165, 1.54) is 0 Å². The zero-order valence-corrected chi connectivity index (χ0v) is 10.2. The van der Waals surface area contributed by atoms with E-state index in [0.717, 1.165) is 16.3 Å². The summed E-state index contributed by atoms with van der Waals surface area (Å²) < 4.78 is 0. The fourth-order valence-corrected chi connectivity index (χ4v) is 2.74. The van der Waals surface area contributed by atoms with Crippen molar-refractivity contribution >= 4 is 23.4 Å². The van der Waals surface area contributed by atoms with Crippen molar-refractivity contribution in [3.8, 4) is 0 Å². The van der Waals surface area contributed by atoms with Crippen LogP contribution in [0.2, 0.25) is 0 Å². The standard InChI is InChI=1S/C12H16N2OS/c1-2-16-11-6-4-3-5-10(11)14-8-9(13)7-12(14)15/h3-6,9H,2,7-8,13H2,1H3. The summed E-state index contributed by atoms with van der Waals surface area (Å²) in [5.74, 6) is 1.14. The third kappa shape index (κ3) is 2.23. The molecule has 1 heterocycles. The fourth-order valence-electron chi connectivity index (χ4n) is 1.93. The summed E-state index contributed by atoms with van der Waals surface area (Å²) in [6.45, 7) is 2.75. The van der Waals surface area contributed by atoms with E-state index in [4.69, 9.17) is 5.73 Å². The average molecular weight is 236 g/mol. The van der Waals surface area contributed by atoms with E-state index in [0.29, 0.717) is 13.0 Å².